The van der Waals surface area contributed by atoms with Crippen molar-refractivity contribution in [3.63, 3.8) is 0 Å². The lowest BCUT2D eigenvalue weighted by Gasteiger charge is -2.21. The summed E-state index contributed by atoms with van der Waals surface area (Å²) in [7, 11) is 0. The fourth-order valence-corrected chi connectivity index (χ4v) is 3.84. The Balaban J connectivity index is 2.22. The lowest BCUT2D eigenvalue weighted by molar-refractivity contribution is 0.0754. The number of amides is 1. The summed E-state index contributed by atoms with van der Waals surface area (Å²) in [6.45, 7) is 3.19. The van der Waals surface area contributed by atoms with Crippen molar-refractivity contribution in [2.75, 3.05) is 6.54 Å². The molecule has 0 saturated heterocycles. The van der Waals surface area contributed by atoms with Crippen molar-refractivity contribution in [1.29, 1.82) is 0 Å². The Morgan fingerprint density at radius 2 is 2.05 bits per heavy atom. The number of carbonyl (C=O) groups excluding carboxylic acids is 1. The Morgan fingerprint density at radius 3 is 2.65 bits per heavy atom. The van der Waals surface area contributed by atoms with Crippen molar-refractivity contribution in [2.24, 2.45) is 0 Å². The number of nitrogens with zero attached hydrogens (tertiary/aromatic N) is 1. The molecule has 0 fully saturated rings. The van der Waals surface area contributed by atoms with Crippen LogP contribution in [0.1, 0.15) is 22.2 Å². The zero-order valence-corrected chi connectivity index (χ0v) is 15.4. The lowest BCUT2D eigenvalue weighted by atomic mass is 10.2. The van der Waals surface area contributed by atoms with Crippen molar-refractivity contribution in [1.82, 2.24) is 4.90 Å². The minimum atomic E-state index is -0.0525. The maximum atomic E-state index is 12.6. The second kappa shape index (κ2) is 7.07. The van der Waals surface area contributed by atoms with E-state index in [0.717, 1.165) is 13.1 Å². The van der Waals surface area contributed by atoms with E-state index in [9.17, 15) is 4.79 Å². The fraction of sp³-hybridized carbons (Fsp3) is 0.214. The van der Waals surface area contributed by atoms with E-state index in [2.05, 4.69) is 31.9 Å². The molecule has 1 aromatic heterocycles. The van der Waals surface area contributed by atoms with Crippen molar-refractivity contribution >= 4 is 60.7 Å². The van der Waals surface area contributed by atoms with Crippen molar-refractivity contribution < 1.29 is 4.79 Å². The van der Waals surface area contributed by atoms with Crippen LogP contribution >= 0.6 is 54.8 Å². The molecule has 2 aromatic rings. The van der Waals surface area contributed by atoms with Gasteiger partial charge in [-0.3, -0.25) is 4.79 Å². The van der Waals surface area contributed by atoms with Crippen LogP contribution in [0.25, 0.3) is 0 Å². The Labute approximate surface area is 144 Å². The van der Waals surface area contributed by atoms with Crippen molar-refractivity contribution in [3.05, 3.63) is 54.1 Å². The van der Waals surface area contributed by atoms with Crippen molar-refractivity contribution in [3.8, 4) is 0 Å². The number of hydrogen-bond acceptors (Lipinski definition) is 2. The standard InChI is InChI=1S/C14H12Br2ClNOS/c1-2-18(8-10-4-6-13(16)20-10)14(19)11-7-9(15)3-5-12(11)17/h3-7H,2,8H2,1H3. The highest BCUT2D eigenvalue weighted by Gasteiger charge is 2.18. The largest absolute Gasteiger partial charge is 0.334 e. The summed E-state index contributed by atoms with van der Waals surface area (Å²) in [6, 6.07) is 9.33. The molecule has 0 atom stereocenters. The van der Waals surface area contributed by atoms with Gasteiger partial charge in [-0.15, -0.1) is 11.3 Å². The van der Waals surface area contributed by atoms with Gasteiger partial charge in [-0.1, -0.05) is 27.5 Å². The third-order valence-corrected chi connectivity index (χ3v) is 5.23. The Kier molecular flexibility index (Phi) is 5.66. The molecule has 6 heteroatoms. The average molecular weight is 438 g/mol. The zero-order valence-electron chi connectivity index (χ0n) is 10.7. The number of halogens is 3. The van der Waals surface area contributed by atoms with Gasteiger partial charge in [0.15, 0.2) is 0 Å². The summed E-state index contributed by atoms with van der Waals surface area (Å²) in [4.78, 5) is 15.5. The molecule has 0 unspecified atom stereocenters. The Hall–Kier alpha value is -0.360. The summed E-state index contributed by atoms with van der Waals surface area (Å²) in [6.07, 6.45) is 0. The number of carbonyl (C=O) groups is 1. The monoisotopic (exact) mass is 435 g/mol. The molecule has 0 radical (unpaired) electrons. The molecule has 0 aliphatic carbocycles. The van der Waals surface area contributed by atoms with Gasteiger partial charge in [-0.25, -0.2) is 0 Å². The summed E-state index contributed by atoms with van der Waals surface area (Å²) in [5.74, 6) is -0.0525. The summed E-state index contributed by atoms with van der Waals surface area (Å²) < 4.78 is 1.91. The predicted octanol–water partition coefficient (Wildman–Crippen LogP) is 5.59. The van der Waals surface area contributed by atoms with Gasteiger partial charge < -0.3 is 4.90 Å². The second-order valence-electron chi connectivity index (χ2n) is 4.15. The van der Waals surface area contributed by atoms with Crippen LogP contribution in [-0.4, -0.2) is 17.4 Å². The molecule has 0 N–H and O–H groups in total. The van der Waals surface area contributed by atoms with Gasteiger partial charge in [-0.05, 0) is 53.2 Å². The van der Waals surface area contributed by atoms with E-state index in [1.54, 1.807) is 28.4 Å². The highest BCUT2D eigenvalue weighted by atomic mass is 79.9. The molecule has 1 heterocycles. The molecule has 0 spiro atoms. The molecular weight excluding hydrogens is 425 g/mol. The van der Waals surface area contributed by atoms with Gasteiger partial charge >= 0.3 is 0 Å². The van der Waals surface area contributed by atoms with Gasteiger partial charge in [-0.2, -0.15) is 0 Å². The minimum absolute atomic E-state index is 0.0525. The van der Waals surface area contributed by atoms with Crippen LogP contribution < -0.4 is 0 Å². The highest BCUT2D eigenvalue weighted by Crippen LogP contribution is 2.26. The van der Waals surface area contributed by atoms with Gasteiger partial charge in [0.25, 0.3) is 5.91 Å². The van der Waals surface area contributed by atoms with E-state index in [1.165, 1.54) is 0 Å². The fourth-order valence-electron chi connectivity index (χ4n) is 1.78. The number of benzene rings is 1. The third-order valence-electron chi connectivity index (χ3n) is 2.80. The van der Waals surface area contributed by atoms with Crippen molar-refractivity contribution in [2.45, 2.75) is 13.5 Å². The smallest absolute Gasteiger partial charge is 0.255 e. The van der Waals surface area contributed by atoms with E-state index in [1.807, 2.05) is 25.1 Å². The zero-order chi connectivity index (χ0) is 14.7. The maximum absolute atomic E-state index is 12.6. The minimum Gasteiger partial charge on any atom is -0.334 e. The highest BCUT2D eigenvalue weighted by molar-refractivity contribution is 9.11. The molecule has 0 saturated carbocycles. The summed E-state index contributed by atoms with van der Waals surface area (Å²) in [5, 5.41) is 0.476. The molecule has 20 heavy (non-hydrogen) atoms. The normalized spacial score (nSPS) is 10.6. The molecule has 1 amide bonds. The Bertz CT molecular complexity index is 629. The first kappa shape index (κ1) is 16.0. The van der Waals surface area contributed by atoms with Gasteiger partial charge in [0.1, 0.15) is 0 Å². The van der Waals surface area contributed by atoms with E-state index in [-0.39, 0.29) is 5.91 Å². The molecule has 0 aliphatic rings. The lowest BCUT2D eigenvalue weighted by Crippen LogP contribution is -2.30. The van der Waals surface area contributed by atoms with Crippen LogP contribution in [0, 0.1) is 0 Å². The second-order valence-corrected chi connectivity index (χ2v) is 8.02. The van der Waals surface area contributed by atoms with Crippen LogP contribution in [0.2, 0.25) is 5.02 Å². The van der Waals surface area contributed by atoms with Crippen LogP contribution in [0.15, 0.2) is 38.6 Å². The van der Waals surface area contributed by atoms with Crippen LogP contribution in [0.5, 0.6) is 0 Å². The molecule has 2 rings (SSSR count). The first-order valence-corrected chi connectivity index (χ1v) is 8.78. The first-order chi connectivity index (χ1) is 9.51. The quantitative estimate of drug-likeness (QED) is 0.611. The number of hydrogen-bond donors (Lipinski definition) is 0. The van der Waals surface area contributed by atoms with Crippen LogP contribution in [0.3, 0.4) is 0 Å². The summed E-state index contributed by atoms with van der Waals surface area (Å²) >= 11 is 14.6. The molecule has 1 aromatic carbocycles. The van der Waals surface area contributed by atoms with Gasteiger partial charge in [0, 0.05) is 15.9 Å². The molecule has 2 nitrogen and oxygen atoms in total. The van der Waals surface area contributed by atoms with E-state index in [4.69, 9.17) is 11.6 Å². The first-order valence-electron chi connectivity index (χ1n) is 5.99. The van der Waals surface area contributed by atoms with Crippen LogP contribution in [-0.2, 0) is 6.54 Å². The molecule has 106 valence electrons. The number of thiophene rings is 1. The van der Waals surface area contributed by atoms with Gasteiger partial charge in [0.05, 0.1) is 20.9 Å². The number of rotatable bonds is 4. The average Bonchev–Trinajstić information content (AvgIpc) is 2.83. The topological polar surface area (TPSA) is 20.3 Å². The maximum Gasteiger partial charge on any atom is 0.255 e. The Morgan fingerprint density at radius 1 is 1.30 bits per heavy atom. The SMILES string of the molecule is CCN(Cc1ccc(Br)s1)C(=O)c1cc(Br)ccc1Cl. The molecule has 0 aliphatic heterocycles. The molecular formula is C14H12Br2ClNOS. The summed E-state index contributed by atoms with van der Waals surface area (Å²) in [5.41, 5.74) is 0.526. The molecule has 0 bridgehead atoms. The van der Waals surface area contributed by atoms with E-state index < -0.39 is 0 Å². The third kappa shape index (κ3) is 3.85. The predicted molar refractivity (Wildman–Crippen MR) is 91.6 cm³/mol. The van der Waals surface area contributed by atoms with Crippen LogP contribution in [0.4, 0.5) is 0 Å². The van der Waals surface area contributed by atoms with E-state index in [0.29, 0.717) is 23.7 Å². The van der Waals surface area contributed by atoms with E-state index >= 15 is 0 Å². The van der Waals surface area contributed by atoms with Gasteiger partial charge in [0.2, 0.25) is 0 Å².